The molecular formula is C13H17F3N2O. The lowest BCUT2D eigenvalue weighted by Crippen LogP contribution is -2.16. The van der Waals surface area contributed by atoms with Crippen LogP contribution in [0.1, 0.15) is 26.2 Å². The molecule has 1 aromatic carbocycles. The molecule has 106 valence electrons. The molecule has 0 fully saturated rings. The molecular weight excluding hydrogens is 257 g/mol. The molecule has 0 heterocycles. The number of benzene rings is 1. The second-order valence-electron chi connectivity index (χ2n) is 4.51. The van der Waals surface area contributed by atoms with Crippen LogP contribution < -0.4 is 11.1 Å². The molecule has 1 amide bonds. The molecule has 1 aromatic rings. The SMILES string of the molecule is CC(CCN)CCC(=O)Nc1c(F)cc(F)cc1F. The Hall–Kier alpha value is -1.56. The summed E-state index contributed by atoms with van der Waals surface area (Å²) in [4.78, 5) is 11.5. The summed E-state index contributed by atoms with van der Waals surface area (Å²) in [6.07, 6.45) is 1.50. The zero-order valence-electron chi connectivity index (χ0n) is 10.7. The summed E-state index contributed by atoms with van der Waals surface area (Å²) in [7, 11) is 0. The van der Waals surface area contributed by atoms with Crippen LogP contribution in [0.5, 0.6) is 0 Å². The van der Waals surface area contributed by atoms with Crippen LogP contribution in [0.3, 0.4) is 0 Å². The van der Waals surface area contributed by atoms with Gasteiger partial charge in [0.25, 0.3) is 0 Å². The Morgan fingerprint density at radius 1 is 1.26 bits per heavy atom. The van der Waals surface area contributed by atoms with E-state index in [1.165, 1.54) is 0 Å². The molecule has 0 aliphatic rings. The number of amides is 1. The molecule has 1 rings (SSSR count). The number of anilines is 1. The average molecular weight is 274 g/mol. The lowest BCUT2D eigenvalue weighted by molar-refractivity contribution is -0.116. The van der Waals surface area contributed by atoms with Gasteiger partial charge in [0.2, 0.25) is 5.91 Å². The van der Waals surface area contributed by atoms with Crippen molar-refractivity contribution < 1.29 is 18.0 Å². The van der Waals surface area contributed by atoms with Crippen molar-refractivity contribution in [3.63, 3.8) is 0 Å². The molecule has 0 aliphatic heterocycles. The summed E-state index contributed by atoms with van der Waals surface area (Å²) in [6.45, 7) is 2.48. The highest BCUT2D eigenvalue weighted by molar-refractivity contribution is 5.90. The van der Waals surface area contributed by atoms with Gasteiger partial charge in [0.1, 0.15) is 11.5 Å². The first-order valence-electron chi connectivity index (χ1n) is 6.08. The minimum atomic E-state index is -1.12. The Balaban J connectivity index is 2.58. The number of hydrogen-bond acceptors (Lipinski definition) is 2. The Kier molecular flexibility index (Phi) is 5.82. The molecule has 0 bridgehead atoms. The molecule has 0 radical (unpaired) electrons. The van der Waals surface area contributed by atoms with E-state index in [9.17, 15) is 18.0 Å². The van der Waals surface area contributed by atoms with Crippen molar-refractivity contribution in [1.82, 2.24) is 0 Å². The van der Waals surface area contributed by atoms with Crippen molar-refractivity contribution in [2.75, 3.05) is 11.9 Å². The minimum absolute atomic E-state index is 0.136. The molecule has 3 nitrogen and oxygen atoms in total. The third kappa shape index (κ3) is 4.90. The number of rotatable bonds is 6. The number of nitrogens with two attached hydrogens (primary N) is 1. The fraction of sp³-hybridized carbons (Fsp3) is 0.462. The molecule has 0 aromatic heterocycles. The van der Waals surface area contributed by atoms with Gasteiger partial charge in [-0.25, -0.2) is 13.2 Å². The normalized spacial score (nSPS) is 12.3. The van der Waals surface area contributed by atoms with Gasteiger partial charge in [0.15, 0.2) is 11.6 Å². The molecule has 1 atom stereocenters. The van der Waals surface area contributed by atoms with Crippen LogP contribution >= 0.6 is 0 Å². The topological polar surface area (TPSA) is 55.1 Å². The molecule has 0 saturated carbocycles. The van der Waals surface area contributed by atoms with Crippen LogP contribution in [0.2, 0.25) is 0 Å². The highest BCUT2D eigenvalue weighted by atomic mass is 19.1. The van der Waals surface area contributed by atoms with Crippen LogP contribution in [-0.2, 0) is 4.79 Å². The van der Waals surface area contributed by atoms with E-state index in [4.69, 9.17) is 5.73 Å². The first-order chi connectivity index (χ1) is 8.93. The Labute approximate surface area is 110 Å². The molecule has 6 heteroatoms. The van der Waals surface area contributed by atoms with Gasteiger partial charge >= 0.3 is 0 Å². The van der Waals surface area contributed by atoms with E-state index in [-0.39, 0.29) is 12.3 Å². The molecule has 19 heavy (non-hydrogen) atoms. The highest BCUT2D eigenvalue weighted by Crippen LogP contribution is 2.20. The number of carbonyl (C=O) groups excluding carboxylic acids is 1. The Morgan fingerprint density at radius 2 is 1.84 bits per heavy atom. The summed E-state index contributed by atoms with van der Waals surface area (Å²) < 4.78 is 39.2. The first-order valence-corrected chi connectivity index (χ1v) is 6.08. The molecule has 0 aliphatic carbocycles. The molecule has 0 spiro atoms. The minimum Gasteiger partial charge on any atom is -0.330 e. The van der Waals surface area contributed by atoms with Crippen molar-refractivity contribution in [3.8, 4) is 0 Å². The highest BCUT2D eigenvalue weighted by Gasteiger charge is 2.14. The van der Waals surface area contributed by atoms with Gasteiger partial charge in [-0.05, 0) is 25.3 Å². The molecule has 0 saturated heterocycles. The maximum Gasteiger partial charge on any atom is 0.224 e. The van der Waals surface area contributed by atoms with E-state index < -0.39 is 29.0 Å². The van der Waals surface area contributed by atoms with Gasteiger partial charge in [0, 0.05) is 18.6 Å². The van der Waals surface area contributed by atoms with Gasteiger partial charge in [-0.2, -0.15) is 0 Å². The third-order valence-corrected chi connectivity index (χ3v) is 2.79. The number of carbonyl (C=O) groups is 1. The van der Waals surface area contributed by atoms with Crippen LogP contribution in [0.15, 0.2) is 12.1 Å². The van der Waals surface area contributed by atoms with Crippen molar-refractivity contribution in [2.24, 2.45) is 11.7 Å². The van der Waals surface area contributed by atoms with Gasteiger partial charge in [0.05, 0.1) is 0 Å². The fourth-order valence-corrected chi connectivity index (χ4v) is 1.67. The maximum atomic E-state index is 13.3. The van der Waals surface area contributed by atoms with E-state index in [0.29, 0.717) is 25.1 Å². The van der Waals surface area contributed by atoms with Gasteiger partial charge in [-0.1, -0.05) is 6.92 Å². The second-order valence-corrected chi connectivity index (χ2v) is 4.51. The van der Waals surface area contributed by atoms with E-state index in [1.54, 1.807) is 0 Å². The maximum absolute atomic E-state index is 13.3. The zero-order chi connectivity index (χ0) is 14.4. The first kappa shape index (κ1) is 15.5. The predicted molar refractivity (Wildman–Crippen MR) is 67.0 cm³/mol. The number of nitrogens with one attached hydrogen (secondary N) is 1. The van der Waals surface area contributed by atoms with E-state index in [1.807, 2.05) is 6.92 Å². The van der Waals surface area contributed by atoms with Crippen LogP contribution in [0.4, 0.5) is 18.9 Å². The molecule has 1 unspecified atom stereocenters. The standard InChI is InChI=1S/C13H17F3N2O/c1-8(4-5-17)2-3-12(19)18-13-10(15)6-9(14)7-11(13)16/h6-8H,2-5,17H2,1H3,(H,18,19). The predicted octanol–water partition coefficient (Wildman–Crippen LogP) is 2.81. The zero-order valence-corrected chi connectivity index (χ0v) is 10.7. The summed E-state index contributed by atoms with van der Waals surface area (Å²) >= 11 is 0. The van der Waals surface area contributed by atoms with Gasteiger partial charge in [-0.3, -0.25) is 4.79 Å². The van der Waals surface area contributed by atoms with Gasteiger partial charge in [-0.15, -0.1) is 0 Å². The second kappa shape index (κ2) is 7.13. The summed E-state index contributed by atoms with van der Waals surface area (Å²) in [5.74, 6) is -3.52. The number of halogens is 3. The summed E-state index contributed by atoms with van der Waals surface area (Å²) in [6, 6.07) is 1.05. The third-order valence-electron chi connectivity index (χ3n) is 2.79. The largest absolute Gasteiger partial charge is 0.330 e. The number of hydrogen-bond donors (Lipinski definition) is 2. The Morgan fingerprint density at radius 3 is 2.37 bits per heavy atom. The van der Waals surface area contributed by atoms with Crippen LogP contribution in [-0.4, -0.2) is 12.5 Å². The summed E-state index contributed by atoms with van der Waals surface area (Å²) in [5, 5.41) is 2.12. The van der Waals surface area contributed by atoms with E-state index in [0.717, 1.165) is 6.42 Å². The lowest BCUT2D eigenvalue weighted by Gasteiger charge is -2.11. The van der Waals surface area contributed by atoms with E-state index >= 15 is 0 Å². The quantitative estimate of drug-likeness (QED) is 0.838. The van der Waals surface area contributed by atoms with Crippen LogP contribution in [0, 0.1) is 23.4 Å². The fourth-order valence-electron chi connectivity index (χ4n) is 1.67. The average Bonchev–Trinajstić information content (AvgIpc) is 2.31. The van der Waals surface area contributed by atoms with Gasteiger partial charge < -0.3 is 11.1 Å². The molecule has 3 N–H and O–H groups in total. The lowest BCUT2D eigenvalue weighted by atomic mass is 10.0. The smallest absolute Gasteiger partial charge is 0.224 e. The van der Waals surface area contributed by atoms with Crippen molar-refractivity contribution in [2.45, 2.75) is 26.2 Å². The van der Waals surface area contributed by atoms with Crippen molar-refractivity contribution in [1.29, 1.82) is 0 Å². The Bertz CT molecular complexity index is 429. The van der Waals surface area contributed by atoms with Crippen LogP contribution in [0.25, 0.3) is 0 Å². The van der Waals surface area contributed by atoms with E-state index in [2.05, 4.69) is 5.32 Å². The monoisotopic (exact) mass is 274 g/mol. The van der Waals surface area contributed by atoms with Crippen molar-refractivity contribution >= 4 is 11.6 Å². The summed E-state index contributed by atoms with van der Waals surface area (Å²) in [5.41, 5.74) is 4.76. The van der Waals surface area contributed by atoms with Crippen molar-refractivity contribution in [3.05, 3.63) is 29.6 Å².